The predicted molar refractivity (Wildman–Crippen MR) is 75.7 cm³/mol. The first-order valence-electron chi connectivity index (χ1n) is 6.80. The van der Waals surface area contributed by atoms with Gasteiger partial charge in [0.1, 0.15) is 0 Å². The Labute approximate surface area is 123 Å². The molecule has 1 fully saturated rings. The molecule has 1 aromatic heterocycles. The second-order valence-corrected chi connectivity index (χ2v) is 4.58. The Bertz CT molecular complexity index is 474. The van der Waals surface area contributed by atoms with Gasteiger partial charge in [-0.1, -0.05) is 0 Å². The number of methoxy groups -OCH3 is 1. The molecule has 0 saturated carbocycles. The fraction of sp³-hybridized carbons (Fsp3) is 0.538. The lowest BCUT2D eigenvalue weighted by Crippen LogP contribution is -2.53. The first-order valence-corrected chi connectivity index (χ1v) is 6.80. The minimum atomic E-state index is -0.587. The van der Waals surface area contributed by atoms with Gasteiger partial charge in [-0.15, -0.1) is 0 Å². The first kappa shape index (κ1) is 15.2. The topological polar surface area (TPSA) is 87.7 Å². The van der Waals surface area contributed by atoms with Crippen LogP contribution in [0.1, 0.15) is 0 Å². The smallest absolute Gasteiger partial charge is 0.312 e. The third-order valence-corrected chi connectivity index (χ3v) is 3.19. The zero-order valence-corrected chi connectivity index (χ0v) is 12.0. The van der Waals surface area contributed by atoms with Crippen molar-refractivity contribution in [3.8, 4) is 0 Å². The molecule has 2 heterocycles. The van der Waals surface area contributed by atoms with Crippen molar-refractivity contribution in [1.82, 2.24) is 20.2 Å². The molecule has 0 radical (unpaired) electrons. The van der Waals surface area contributed by atoms with Crippen molar-refractivity contribution in [2.24, 2.45) is 0 Å². The van der Waals surface area contributed by atoms with Gasteiger partial charge in [-0.25, -0.2) is 9.97 Å². The summed E-state index contributed by atoms with van der Waals surface area (Å²) in [5.41, 5.74) is 0. The number of rotatable bonds is 4. The number of carbonyl (C=O) groups excluding carboxylic acids is 2. The number of piperazine rings is 1. The Morgan fingerprint density at radius 3 is 2.52 bits per heavy atom. The highest BCUT2D eigenvalue weighted by atomic mass is 16.5. The van der Waals surface area contributed by atoms with Crippen molar-refractivity contribution >= 4 is 17.8 Å². The van der Waals surface area contributed by atoms with E-state index in [2.05, 4.69) is 15.3 Å². The van der Waals surface area contributed by atoms with E-state index in [1.807, 2.05) is 4.90 Å². The molecule has 0 aromatic carbocycles. The van der Waals surface area contributed by atoms with E-state index in [1.54, 1.807) is 30.5 Å². The molecule has 0 aliphatic carbocycles. The average molecular weight is 293 g/mol. The van der Waals surface area contributed by atoms with Gasteiger partial charge < -0.3 is 19.9 Å². The number of nitrogens with zero attached hydrogens (tertiary/aromatic N) is 4. The SMILES string of the molecule is COCCNC(=O)C(=O)N1CCN(c2ncccn2)CC1. The molecule has 0 unspecified atom stereocenters. The number of carbonyl (C=O) groups is 2. The van der Waals surface area contributed by atoms with Gasteiger partial charge in [-0.05, 0) is 6.07 Å². The highest BCUT2D eigenvalue weighted by Gasteiger charge is 2.26. The van der Waals surface area contributed by atoms with Crippen LogP contribution in [-0.4, -0.2) is 73.1 Å². The highest BCUT2D eigenvalue weighted by Crippen LogP contribution is 2.09. The van der Waals surface area contributed by atoms with E-state index >= 15 is 0 Å². The van der Waals surface area contributed by atoms with Crippen LogP contribution in [0, 0.1) is 0 Å². The van der Waals surface area contributed by atoms with Gasteiger partial charge in [0.05, 0.1) is 6.61 Å². The summed E-state index contributed by atoms with van der Waals surface area (Å²) in [5, 5.41) is 2.53. The fourth-order valence-electron chi connectivity index (χ4n) is 2.05. The summed E-state index contributed by atoms with van der Waals surface area (Å²) in [6, 6.07) is 1.76. The summed E-state index contributed by atoms with van der Waals surface area (Å²) in [6.45, 7) is 2.91. The predicted octanol–water partition coefficient (Wildman–Crippen LogP) is -1.11. The zero-order valence-electron chi connectivity index (χ0n) is 12.0. The summed E-state index contributed by atoms with van der Waals surface area (Å²) in [6.07, 6.45) is 3.37. The maximum Gasteiger partial charge on any atom is 0.312 e. The van der Waals surface area contributed by atoms with Gasteiger partial charge in [-0.3, -0.25) is 9.59 Å². The maximum absolute atomic E-state index is 12.0. The number of anilines is 1. The van der Waals surface area contributed by atoms with Gasteiger partial charge in [0.2, 0.25) is 5.95 Å². The number of hydrogen-bond donors (Lipinski definition) is 1. The van der Waals surface area contributed by atoms with Crippen LogP contribution >= 0.6 is 0 Å². The Morgan fingerprint density at radius 2 is 1.90 bits per heavy atom. The van der Waals surface area contributed by atoms with Crippen LogP contribution in [-0.2, 0) is 14.3 Å². The van der Waals surface area contributed by atoms with Crippen molar-refractivity contribution < 1.29 is 14.3 Å². The molecule has 8 nitrogen and oxygen atoms in total. The molecule has 1 aromatic rings. The highest BCUT2D eigenvalue weighted by molar-refractivity contribution is 6.35. The first-order chi connectivity index (χ1) is 10.2. The Morgan fingerprint density at radius 1 is 1.24 bits per heavy atom. The molecule has 2 rings (SSSR count). The van der Waals surface area contributed by atoms with Gasteiger partial charge in [0, 0.05) is 52.2 Å². The van der Waals surface area contributed by atoms with E-state index in [-0.39, 0.29) is 0 Å². The summed E-state index contributed by atoms with van der Waals surface area (Å²) in [7, 11) is 1.54. The number of nitrogens with one attached hydrogen (secondary N) is 1. The lowest BCUT2D eigenvalue weighted by atomic mass is 10.3. The van der Waals surface area contributed by atoms with E-state index in [0.717, 1.165) is 0 Å². The van der Waals surface area contributed by atoms with E-state index < -0.39 is 11.8 Å². The van der Waals surface area contributed by atoms with Gasteiger partial charge in [0.25, 0.3) is 0 Å². The number of hydrogen-bond acceptors (Lipinski definition) is 6. The molecule has 1 N–H and O–H groups in total. The Hall–Kier alpha value is -2.22. The molecule has 0 bridgehead atoms. The second-order valence-electron chi connectivity index (χ2n) is 4.58. The standard InChI is InChI=1S/C13H19N5O3/c1-21-10-5-14-11(19)12(20)17-6-8-18(9-7-17)13-15-3-2-4-16-13/h2-4H,5-10H2,1H3,(H,14,19). The van der Waals surface area contributed by atoms with Crippen molar-refractivity contribution in [3.63, 3.8) is 0 Å². The minimum absolute atomic E-state index is 0.332. The largest absolute Gasteiger partial charge is 0.383 e. The van der Waals surface area contributed by atoms with Gasteiger partial charge in [-0.2, -0.15) is 0 Å². The lowest BCUT2D eigenvalue weighted by Gasteiger charge is -2.34. The minimum Gasteiger partial charge on any atom is -0.383 e. The molecule has 0 atom stereocenters. The Balaban J connectivity index is 1.80. The summed E-state index contributed by atoms with van der Waals surface area (Å²) in [4.78, 5) is 35.5. The van der Waals surface area contributed by atoms with Crippen LogP contribution < -0.4 is 10.2 Å². The van der Waals surface area contributed by atoms with Crippen LogP contribution in [0.3, 0.4) is 0 Å². The maximum atomic E-state index is 12.0. The summed E-state index contributed by atoms with van der Waals surface area (Å²) >= 11 is 0. The molecule has 114 valence electrons. The van der Waals surface area contributed by atoms with Crippen molar-refractivity contribution in [1.29, 1.82) is 0 Å². The van der Waals surface area contributed by atoms with Crippen LogP contribution in [0.4, 0.5) is 5.95 Å². The monoisotopic (exact) mass is 293 g/mol. The molecule has 8 heteroatoms. The quantitative estimate of drug-likeness (QED) is 0.559. The number of ether oxygens (including phenoxy) is 1. The van der Waals surface area contributed by atoms with Crippen LogP contribution in [0.2, 0.25) is 0 Å². The number of aromatic nitrogens is 2. The normalized spacial score (nSPS) is 14.9. The molecule has 21 heavy (non-hydrogen) atoms. The number of amides is 2. The van der Waals surface area contributed by atoms with Gasteiger partial charge >= 0.3 is 11.8 Å². The van der Waals surface area contributed by atoms with Crippen molar-refractivity contribution in [2.75, 3.05) is 51.3 Å². The van der Waals surface area contributed by atoms with E-state index in [4.69, 9.17) is 4.74 Å². The average Bonchev–Trinajstić information content (AvgIpc) is 2.55. The van der Waals surface area contributed by atoms with Gasteiger partial charge in [0.15, 0.2) is 0 Å². The molecule has 1 aliphatic heterocycles. The second kappa shape index (κ2) is 7.53. The van der Waals surface area contributed by atoms with Crippen molar-refractivity contribution in [2.45, 2.75) is 0 Å². The molecule has 1 saturated heterocycles. The van der Waals surface area contributed by atoms with E-state index in [1.165, 1.54) is 0 Å². The van der Waals surface area contributed by atoms with Crippen LogP contribution in [0.5, 0.6) is 0 Å². The van der Waals surface area contributed by atoms with Crippen LogP contribution in [0.15, 0.2) is 18.5 Å². The third kappa shape index (κ3) is 4.12. The van der Waals surface area contributed by atoms with E-state index in [0.29, 0.717) is 45.3 Å². The zero-order chi connectivity index (χ0) is 15.1. The Kier molecular flexibility index (Phi) is 5.44. The fourth-order valence-corrected chi connectivity index (χ4v) is 2.05. The summed E-state index contributed by atoms with van der Waals surface area (Å²) < 4.78 is 4.82. The van der Waals surface area contributed by atoms with Crippen molar-refractivity contribution in [3.05, 3.63) is 18.5 Å². The molecule has 1 aliphatic rings. The van der Waals surface area contributed by atoms with E-state index in [9.17, 15) is 9.59 Å². The third-order valence-electron chi connectivity index (χ3n) is 3.19. The molecule has 0 spiro atoms. The van der Waals surface area contributed by atoms with Crippen LogP contribution in [0.25, 0.3) is 0 Å². The molecule has 2 amide bonds. The molecular formula is C13H19N5O3. The summed E-state index contributed by atoms with van der Waals surface area (Å²) in [5.74, 6) is -0.440. The molecular weight excluding hydrogens is 274 g/mol. The lowest BCUT2D eigenvalue weighted by molar-refractivity contribution is -0.146.